The van der Waals surface area contributed by atoms with E-state index in [1.54, 1.807) is 36.7 Å². The molecule has 0 fully saturated rings. The van der Waals surface area contributed by atoms with Gasteiger partial charge in [-0.2, -0.15) is 0 Å². The normalized spacial score (nSPS) is 9.88. The number of carbonyl (C=O) groups excluding carboxylic acids is 4. The van der Waals surface area contributed by atoms with E-state index in [0.717, 1.165) is 25.7 Å². The van der Waals surface area contributed by atoms with E-state index in [9.17, 15) is 19.2 Å². The number of carbonyl (C=O) groups is 4. The van der Waals surface area contributed by atoms with E-state index in [0.29, 0.717) is 24.2 Å². The minimum atomic E-state index is -0.506. The first kappa shape index (κ1) is 24.1. The van der Waals surface area contributed by atoms with Gasteiger partial charge < -0.3 is 10.6 Å². The van der Waals surface area contributed by atoms with Gasteiger partial charge in [-0.3, -0.25) is 30.4 Å². The third kappa shape index (κ3) is 9.52. The monoisotopic (exact) mass is 442 g/mol. The molecule has 0 aliphatic carbocycles. The maximum atomic E-state index is 11.8. The van der Waals surface area contributed by atoms with Crippen LogP contribution in [0.2, 0.25) is 0 Å². The Kier molecular flexibility index (Phi) is 10.5. The first-order valence-electron chi connectivity index (χ1n) is 10.0. The molecule has 12 heteroatoms. The summed E-state index contributed by atoms with van der Waals surface area (Å²) < 4.78 is 0. The molecule has 0 spiro atoms. The van der Waals surface area contributed by atoms with Crippen molar-refractivity contribution in [1.82, 2.24) is 42.3 Å². The summed E-state index contributed by atoms with van der Waals surface area (Å²) in [5.41, 5.74) is 9.79. The van der Waals surface area contributed by atoms with Crippen molar-refractivity contribution in [3.8, 4) is 0 Å². The predicted octanol–water partition coefficient (Wildman–Crippen LogP) is 0.625. The number of unbranched alkanes of at least 4 members (excludes halogenated alkanes) is 3. The summed E-state index contributed by atoms with van der Waals surface area (Å²) in [4.78, 5) is 54.5. The van der Waals surface area contributed by atoms with E-state index in [1.807, 2.05) is 0 Å². The second-order valence-electron chi connectivity index (χ2n) is 6.57. The van der Waals surface area contributed by atoms with E-state index in [2.05, 4.69) is 42.3 Å². The predicted molar refractivity (Wildman–Crippen MR) is 115 cm³/mol. The molecule has 6 N–H and O–H groups in total. The summed E-state index contributed by atoms with van der Waals surface area (Å²) in [7, 11) is 0. The van der Waals surface area contributed by atoms with Crippen LogP contribution < -0.4 is 32.3 Å². The molecule has 0 saturated heterocycles. The Bertz CT molecular complexity index is 806. The molecule has 0 aliphatic rings. The fraction of sp³-hybridized carbons (Fsp3) is 0.300. The summed E-state index contributed by atoms with van der Waals surface area (Å²) in [5.74, 6) is -0.914. The molecule has 170 valence electrons. The van der Waals surface area contributed by atoms with Gasteiger partial charge in [0.1, 0.15) is 0 Å². The molecule has 2 rings (SSSR count). The molecule has 0 atom stereocenters. The highest BCUT2D eigenvalue weighted by atomic mass is 16.2. The van der Waals surface area contributed by atoms with Crippen molar-refractivity contribution in [3.63, 3.8) is 0 Å². The molecule has 32 heavy (non-hydrogen) atoms. The average Bonchev–Trinajstić information content (AvgIpc) is 2.83. The van der Waals surface area contributed by atoms with Crippen LogP contribution in [0.1, 0.15) is 46.4 Å². The van der Waals surface area contributed by atoms with Gasteiger partial charge in [0, 0.05) is 37.9 Å². The summed E-state index contributed by atoms with van der Waals surface area (Å²) >= 11 is 0. The van der Waals surface area contributed by atoms with E-state index < -0.39 is 23.9 Å². The molecule has 6 amide bonds. The van der Waals surface area contributed by atoms with Gasteiger partial charge in [-0.15, -0.1) is 0 Å². The fourth-order valence-electron chi connectivity index (χ4n) is 2.46. The number of amides is 6. The number of pyridine rings is 2. The van der Waals surface area contributed by atoms with Crippen LogP contribution in [0.25, 0.3) is 0 Å². The number of urea groups is 2. The molecule has 0 bridgehead atoms. The topological polar surface area (TPSA) is 166 Å². The first-order valence-corrected chi connectivity index (χ1v) is 10.0. The van der Waals surface area contributed by atoms with Crippen LogP contribution in [0.5, 0.6) is 0 Å². The highest BCUT2D eigenvalue weighted by Gasteiger charge is 2.07. The van der Waals surface area contributed by atoms with Gasteiger partial charge >= 0.3 is 12.1 Å². The minimum Gasteiger partial charge on any atom is -0.337 e. The molecule has 2 heterocycles. The molecule has 0 aromatic carbocycles. The molecule has 0 aliphatic heterocycles. The highest BCUT2D eigenvalue weighted by molar-refractivity contribution is 5.95. The smallest absolute Gasteiger partial charge is 0.333 e. The summed E-state index contributed by atoms with van der Waals surface area (Å²) in [6.45, 7) is 0.895. The lowest BCUT2D eigenvalue weighted by Crippen LogP contribution is -2.47. The van der Waals surface area contributed by atoms with Crippen molar-refractivity contribution in [2.75, 3.05) is 13.1 Å². The first-order chi connectivity index (χ1) is 15.6. The number of rotatable bonds is 9. The lowest BCUT2D eigenvalue weighted by Gasteiger charge is -2.09. The van der Waals surface area contributed by atoms with Crippen LogP contribution in [0.3, 0.4) is 0 Å². The summed E-state index contributed by atoms with van der Waals surface area (Å²) in [6.07, 6.45) is 9.08. The zero-order chi connectivity index (χ0) is 23.0. The maximum Gasteiger partial charge on any atom is 0.333 e. The van der Waals surface area contributed by atoms with Crippen molar-refractivity contribution in [1.29, 1.82) is 0 Å². The average molecular weight is 442 g/mol. The molecule has 0 unspecified atom stereocenters. The molecular formula is C20H26N8O4. The van der Waals surface area contributed by atoms with Crippen molar-refractivity contribution in [2.24, 2.45) is 0 Å². The molecular weight excluding hydrogens is 416 g/mol. The zero-order valence-electron chi connectivity index (χ0n) is 17.4. The SMILES string of the molecule is O=C(NCCCCCCNC(=O)NNC(=O)c1cccnc1)NNC(=O)c1cccnc1. The van der Waals surface area contributed by atoms with Crippen molar-refractivity contribution in [3.05, 3.63) is 60.2 Å². The Hall–Kier alpha value is -4.22. The third-order valence-electron chi connectivity index (χ3n) is 4.10. The largest absolute Gasteiger partial charge is 0.337 e. The zero-order valence-corrected chi connectivity index (χ0v) is 17.4. The Morgan fingerprint density at radius 1 is 0.625 bits per heavy atom. The van der Waals surface area contributed by atoms with Gasteiger partial charge in [0.05, 0.1) is 11.1 Å². The second-order valence-corrected chi connectivity index (χ2v) is 6.57. The quantitative estimate of drug-likeness (QED) is 0.246. The lowest BCUT2D eigenvalue weighted by molar-refractivity contribution is 0.0929. The van der Waals surface area contributed by atoms with E-state index in [-0.39, 0.29) is 0 Å². The number of nitrogens with zero attached hydrogens (tertiary/aromatic N) is 2. The van der Waals surface area contributed by atoms with Crippen molar-refractivity contribution >= 4 is 23.9 Å². The number of hydrogen-bond acceptors (Lipinski definition) is 6. The molecule has 0 radical (unpaired) electrons. The van der Waals surface area contributed by atoms with Crippen LogP contribution in [0.15, 0.2) is 49.1 Å². The Balaban J connectivity index is 1.42. The van der Waals surface area contributed by atoms with E-state index in [1.165, 1.54) is 12.4 Å². The van der Waals surface area contributed by atoms with Crippen molar-refractivity contribution in [2.45, 2.75) is 25.7 Å². The molecule has 2 aromatic heterocycles. The summed E-state index contributed by atoms with van der Waals surface area (Å²) in [6, 6.07) is 5.40. The van der Waals surface area contributed by atoms with Gasteiger partial charge in [0.15, 0.2) is 0 Å². The van der Waals surface area contributed by atoms with Gasteiger partial charge in [0.25, 0.3) is 11.8 Å². The number of aromatic nitrogens is 2. The van der Waals surface area contributed by atoms with Crippen LogP contribution in [-0.2, 0) is 0 Å². The van der Waals surface area contributed by atoms with Gasteiger partial charge in [-0.1, -0.05) is 12.8 Å². The number of nitrogens with one attached hydrogen (secondary N) is 6. The Morgan fingerprint density at radius 3 is 1.44 bits per heavy atom. The minimum absolute atomic E-state index is 0.339. The Morgan fingerprint density at radius 2 is 1.06 bits per heavy atom. The van der Waals surface area contributed by atoms with Gasteiger partial charge in [0.2, 0.25) is 0 Å². The molecule has 2 aromatic rings. The molecule has 0 saturated carbocycles. The highest BCUT2D eigenvalue weighted by Crippen LogP contribution is 1.98. The standard InChI is InChI=1S/C20H26N8O4/c29-17(15-7-5-9-21-13-15)25-27-19(31)23-11-3-1-2-4-12-24-20(32)28-26-18(30)16-8-6-10-22-14-16/h5-10,13-14H,1-4,11-12H2,(H,25,29)(H,26,30)(H2,23,27,31)(H2,24,28,32). The van der Waals surface area contributed by atoms with Crippen molar-refractivity contribution < 1.29 is 19.2 Å². The van der Waals surface area contributed by atoms with E-state index in [4.69, 9.17) is 0 Å². The molecule has 12 nitrogen and oxygen atoms in total. The fourth-order valence-corrected chi connectivity index (χ4v) is 2.46. The van der Waals surface area contributed by atoms with E-state index >= 15 is 0 Å². The van der Waals surface area contributed by atoms with Crippen LogP contribution >= 0.6 is 0 Å². The summed E-state index contributed by atoms with van der Waals surface area (Å²) in [5, 5.41) is 5.27. The lowest BCUT2D eigenvalue weighted by atomic mass is 10.2. The Labute approximate surface area is 184 Å². The van der Waals surface area contributed by atoms with Gasteiger partial charge in [-0.25, -0.2) is 20.4 Å². The van der Waals surface area contributed by atoms with Crippen LogP contribution in [0.4, 0.5) is 9.59 Å². The number of hydrazine groups is 2. The third-order valence-corrected chi connectivity index (χ3v) is 4.10. The number of hydrogen-bond donors (Lipinski definition) is 6. The second kappa shape index (κ2) is 13.9. The van der Waals surface area contributed by atoms with Crippen LogP contribution in [0, 0.1) is 0 Å². The maximum absolute atomic E-state index is 11.8. The van der Waals surface area contributed by atoms with Crippen LogP contribution in [-0.4, -0.2) is 46.9 Å². The van der Waals surface area contributed by atoms with Gasteiger partial charge in [-0.05, 0) is 37.1 Å².